The lowest BCUT2D eigenvalue weighted by Gasteiger charge is -2.14. The van der Waals surface area contributed by atoms with E-state index in [1.54, 1.807) is 0 Å². The minimum atomic E-state index is -0.311. The Morgan fingerprint density at radius 1 is 0.762 bits per heavy atom. The van der Waals surface area contributed by atoms with Crippen LogP contribution in [-0.4, -0.2) is 24.1 Å². The van der Waals surface area contributed by atoms with Crippen molar-refractivity contribution in [2.75, 3.05) is 0 Å². The SMILES string of the molecule is CCCCCC(C)OC(=O)CCC(=O)OC(C)CCCC. The fourth-order valence-electron chi connectivity index (χ4n) is 2.06. The van der Waals surface area contributed by atoms with Crippen molar-refractivity contribution in [2.24, 2.45) is 0 Å². The second kappa shape index (κ2) is 12.7. The van der Waals surface area contributed by atoms with E-state index >= 15 is 0 Å². The van der Waals surface area contributed by atoms with Crippen molar-refractivity contribution in [2.45, 2.75) is 97.7 Å². The third-order valence-electron chi connectivity index (χ3n) is 3.38. The van der Waals surface area contributed by atoms with Crippen molar-refractivity contribution in [1.82, 2.24) is 0 Å². The van der Waals surface area contributed by atoms with Gasteiger partial charge in [-0.15, -0.1) is 0 Å². The Labute approximate surface area is 129 Å². The lowest BCUT2D eigenvalue weighted by Crippen LogP contribution is -2.18. The minimum Gasteiger partial charge on any atom is -0.463 e. The third-order valence-corrected chi connectivity index (χ3v) is 3.38. The van der Waals surface area contributed by atoms with Crippen LogP contribution in [0.5, 0.6) is 0 Å². The Morgan fingerprint density at radius 3 is 1.62 bits per heavy atom. The van der Waals surface area contributed by atoms with E-state index < -0.39 is 0 Å². The van der Waals surface area contributed by atoms with Crippen LogP contribution in [-0.2, 0) is 19.1 Å². The highest BCUT2D eigenvalue weighted by Gasteiger charge is 2.14. The molecule has 0 aliphatic carbocycles. The van der Waals surface area contributed by atoms with E-state index in [0.717, 1.165) is 44.9 Å². The van der Waals surface area contributed by atoms with Gasteiger partial charge in [0, 0.05) is 0 Å². The minimum absolute atomic E-state index is 0.0662. The molecule has 0 saturated carbocycles. The highest BCUT2D eigenvalue weighted by Crippen LogP contribution is 2.09. The first kappa shape index (κ1) is 19.9. The number of carbonyl (C=O) groups is 2. The number of esters is 2. The van der Waals surface area contributed by atoms with Crippen LogP contribution in [0.25, 0.3) is 0 Å². The fraction of sp³-hybridized carbons (Fsp3) is 0.882. The normalized spacial score (nSPS) is 13.5. The summed E-state index contributed by atoms with van der Waals surface area (Å²) in [7, 11) is 0. The van der Waals surface area contributed by atoms with Crippen molar-refractivity contribution in [3.05, 3.63) is 0 Å². The molecule has 0 spiro atoms. The maximum Gasteiger partial charge on any atom is 0.306 e. The zero-order valence-corrected chi connectivity index (χ0v) is 14.2. The van der Waals surface area contributed by atoms with Gasteiger partial charge in [0.2, 0.25) is 0 Å². The molecule has 0 aliphatic rings. The van der Waals surface area contributed by atoms with Crippen LogP contribution in [0.3, 0.4) is 0 Å². The van der Waals surface area contributed by atoms with Gasteiger partial charge in [-0.1, -0.05) is 39.5 Å². The molecule has 4 nitrogen and oxygen atoms in total. The van der Waals surface area contributed by atoms with E-state index in [2.05, 4.69) is 13.8 Å². The van der Waals surface area contributed by atoms with Crippen LogP contribution in [0.4, 0.5) is 0 Å². The molecule has 0 aromatic heterocycles. The Kier molecular flexibility index (Phi) is 12.0. The van der Waals surface area contributed by atoms with Gasteiger partial charge in [0.05, 0.1) is 25.0 Å². The standard InChI is InChI=1S/C17H32O4/c1-5-7-9-11-15(4)21-17(19)13-12-16(18)20-14(3)10-8-6-2/h14-15H,5-13H2,1-4H3. The molecule has 0 aliphatic heterocycles. The van der Waals surface area contributed by atoms with Crippen LogP contribution < -0.4 is 0 Å². The highest BCUT2D eigenvalue weighted by atomic mass is 16.5. The lowest BCUT2D eigenvalue weighted by molar-refractivity contribution is -0.155. The van der Waals surface area contributed by atoms with Crippen LogP contribution in [0.15, 0.2) is 0 Å². The fourth-order valence-corrected chi connectivity index (χ4v) is 2.06. The molecule has 124 valence electrons. The first-order valence-electron chi connectivity index (χ1n) is 8.38. The first-order valence-corrected chi connectivity index (χ1v) is 8.38. The summed E-state index contributed by atoms with van der Waals surface area (Å²) < 4.78 is 10.5. The molecule has 0 amide bonds. The zero-order chi connectivity index (χ0) is 16.1. The van der Waals surface area contributed by atoms with E-state index in [1.807, 2.05) is 13.8 Å². The highest BCUT2D eigenvalue weighted by molar-refractivity contribution is 5.77. The van der Waals surface area contributed by atoms with Crippen molar-refractivity contribution < 1.29 is 19.1 Å². The predicted molar refractivity (Wildman–Crippen MR) is 84.0 cm³/mol. The molecule has 2 unspecified atom stereocenters. The molecule has 4 heteroatoms. The summed E-state index contributed by atoms with van der Waals surface area (Å²) in [5, 5.41) is 0. The molecule has 2 atom stereocenters. The van der Waals surface area contributed by atoms with E-state index in [1.165, 1.54) is 0 Å². The van der Waals surface area contributed by atoms with Crippen molar-refractivity contribution >= 4 is 11.9 Å². The first-order chi connectivity index (χ1) is 9.99. The van der Waals surface area contributed by atoms with Crippen LogP contribution in [0.2, 0.25) is 0 Å². The second-order valence-electron chi connectivity index (χ2n) is 5.74. The number of hydrogen-bond donors (Lipinski definition) is 0. The summed E-state index contributed by atoms with van der Waals surface area (Å²) in [4.78, 5) is 23.2. The van der Waals surface area contributed by atoms with Crippen molar-refractivity contribution in [1.29, 1.82) is 0 Å². The van der Waals surface area contributed by atoms with E-state index in [0.29, 0.717) is 0 Å². The summed E-state index contributed by atoms with van der Waals surface area (Å²) >= 11 is 0. The summed E-state index contributed by atoms with van der Waals surface area (Å²) in [6.07, 6.45) is 7.36. The van der Waals surface area contributed by atoms with E-state index in [9.17, 15) is 9.59 Å². The summed E-state index contributed by atoms with van der Waals surface area (Å²) in [6.45, 7) is 8.04. The van der Waals surface area contributed by atoms with Gasteiger partial charge in [-0.2, -0.15) is 0 Å². The van der Waals surface area contributed by atoms with Crippen molar-refractivity contribution in [3.63, 3.8) is 0 Å². The lowest BCUT2D eigenvalue weighted by atomic mass is 10.1. The molecule has 21 heavy (non-hydrogen) atoms. The summed E-state index contributed by atoms with van der Waals surface area (Å²) in [5.41, 5.74) is 0. The topological polar surface area (TPSA) is 52.6 Å². The summed E-state index contributed by atoms with van der Waals surface area (Å²) in [5.74, 6) is -0.619. The van der Waals surface area contributed by atoms with Gasteiger partial charge < -0.3 is 9.47 Å². The Balaban J connectivity index is 3.73. The second-order valence-corrected chi connectivity index (χ2v) is 5.74. The molecule has 0 heterocycles. The van der Waals surface area contributed by atoms with Crippen LogP contribution in [0.1, 0.15) is 85.5 Å². The van der Waals surface area contributed by atoms with Gasteiger partial charge in [0.25, 0.3) is 0 Å². The molecule has 0 radical (unpaired) electrons. The average Bonchev–Trinajstić information content (AvgIpc) is 2.43. The van der Waals surface area contributed by atoms with Gasteiger partial charge >= 0.3 is 11.9 Å². The maximum absolute atomic E-state index is 11.6. The van der Waals surface area contributed by atoms with Gasteiger partial charge in [0.15, 0.2) is 0 Å². The van der Waals surface area contributed by atoms with Crippen molar-refractivity contribution in [3.8, 4) is 0 Å². The molecule has 0 bridgehead atoms. The molecule has 0 saturated heterocycles. The number of ether oxygens (including phenoxy) is 2. The Morgan fingerprint density at radius 2 is 1.19 bits per heavy atom. The zero-order valence-electron chi connectivity index (χ0n) is 14.2. The quantitative estimate of drug-likeness (QED) is 0.396. The van der Waals surface area contributed by atoms with E-state index in [4.69, 9.17) is 9.47 Å². The molecule has 0 fully saturated rings. The van der Waals surface area contributed by atoms with E-state index in [-0.39, 0.29) is 37.0 Å². The molecule has 0 rings (SSSR count). The third kappa shape index (κ3) is 12.4. The Hall–Kier alpha value is -1.06. The number of rotatable bonds is 12. The van der Waals surface area contributed by atoms with Gasteiger partial charge in [-0.25, -0.2) is 0 Å². The van der Waals surface area contributed by atoms with Crippen LogP contribution in [0, 0.1) is 0 Å². The number of carbonyl (C=O) groups excluding carboxylic acids is 2. The van der Waals surface area contributed by atoms with Crippen LogP contribution >= 0.6 is 0 Å². The van der Waals surface area contributed by atoms with Gasteiger partial charge in [0.1, 0.15) is 0 Å². The largest absolute Gasteiger partial charge is 0.463 e. The molecule has 0 aromatic carbocycles. The number of hydrogen-bond acceptors (Lipinski definition) is 4. The van der Waals surface area contributed by atoms with Gasteiger partial charge in [-0.3, -0.25) is 9.59 Å². The molecule has 0 N–H and O–H groups in total. The monoisotopic (exact) mass is 300 g/mol. The average molecular weight is 300 g/mol. The predicted octanol–water partition coefficient (Wildman–Crippen LogP) is 4.40. The number of unbranched alkanes of at least 4 members (excludes halogenated alkanes) is 3. The molecular formula is C17H32O4. The molecular weight excluding hydrogens is 268 g/mol. The Bertz CT molecular complexity index is 289. The van der Waals surface area contributed by atoms with Gasteiger partial charge in [-0.05, 0) is 33.1 Å². The summed E-state index contributed by atoms with van der Waals surface area (Å²) in [6, 6.07) is 0. The molecule has 0 aromatic rings. The smallest absolute Gasteiger partial charge is 0.306 e. The maximum atomic E-state index is 11.6.